The standard InChI is InChI=1S/C22H23ClO5/c1-12(2)28-21-14(4)20(22(25)26)13(3)10-15(21)6-9-18(24)17-8-7-16(23)11-19(17)27-5/h6-12H,1-5H3,(H,25,26). The highest BCUT2D eigenvalue weighted by atomic mass is 35.5. The van der Waals surface area contributed by atoms with Crippen LogP contribution in [0, 0.1) is 13.8 Å². The summed E-state index contributed by atoms with van der Waals surface area (Å²) >= 11 is 5.94. The van der Waals surface area contributed by atoms with Crippen LogP contribution in [0.25, 0.3) is 6.08 Å². The molecule has 1 N–H and O–H groups in total. The Kier molecular flexibility index (Phi) is 6.86. The van der Waals surface area contributed by atoms with Crippen LogP contribution in [0.4, 0.5) is 0 Å². The van der Waals surface area contributed by atoms with Gasteiger partial charge in [-0.3, -0.25) is 4.79 Å². The van der Waals surface area contributed by atoms with E-state index in [-0.39, 0.29) is 17.5 Å². The summed E-state index contributed by atoms with van der Waals surface area (Å²) in [7, 11) is 1.47. The van der Waals surface area contributed by atoms with Gasteiger partial charge in [-0.2, -0.15) is 0 Å². The van der Waals surface area contributed by atoms with Crippen molar-refractivity contribution in [2.24, 2.45) is 0 Å². The lowest BCUT2D eigenvalue weighted by Crippen LogP contribution is -2.12. The molecule has 2 aromatic rings. The van der Waals surface area contributed by atoms with E-state index in [0.717, 1.165) is 0 Å². The summed E-state index contributed by atoms with van der Waals surface area (Å²) in [4.78, 5) is 24.2. The van der Waals surface area contributed by atoms with Crippen LogP contribution >= 0.6 is 11.6 Å². The summed E-state index contributed by atoms with van der Waals surface area (Å²) in [6, 6.07) is 6.50. The van der Waals surface area contributed by atoms with Crippen LogP contribution in [0.2, 0.25) is 5.02 Å². The lowest BCUT2D eigenvalue weighted by Gasteiger charge is -2.18. The van der Waals surface area contributed by atoms with E-state index in [4.69, 9.17) is 21.1 Å². The number of methoxy groups -OCH3 is 1. The van der Waals surface area contributed by atoms with Gasteiger partial charge in [0.2, 0.25) is 0 Å². The number of aryl methyl sites for hydroxylation is 1. The minimum Gasteiger partial charge on any atom is -0.496 e. The summed E-state index contributed by atoms with van der Waals surface area (Å²) < 4.78 is 11.1. The number of hydrogen-bond donors (Lipinski definition) is 1. The molecule has 0 aromatic heterocycles. The molecule has 0 unspecified atom stereocenters. The summed E-state index contributed by atoms with van der Waals surface area (Å²) in [6.45, 7) is 7.14. The summed E-state index contributed by atoms with van der Waals surface area (Å²) in [6.07, 6.45) is 2.88. The fourth-order valence-corrected chi connectivity index (χ4v) is 3.13. The molecule has 0 heterocycles. The number of carbonyl (C=O) groups excluding carboxylic acids is 1. The molecule has 0 spiro atoms. The first-order chi connectivity index (χ1) is 13.1. The number of allylic oxidation sites excluding steroid dienone is 1. The lowest BCUT2D eigenvalue weighted by molar-refractivity contribution is 0.0694. The molecular formula is C22H23ClO5. The van der Waals surface area contributed by atoms with E-state index in [1.165, 1.54) is 13.2 Å². The number of ether oxygens (including phenoxy) is 2. The normalized spacial score (nSPS) is 11.1. The van der Waals surface area contributed by atoms with Crippen molar-refractivity contribution < 1.29 is 24.2 Å². The first-order valence-electron chi connectivity index (χ1n) is 8.75. The average molecular weight is 403 g/mol. The van der Waals surface area contributed by atoms with Crippen molar-refractivity contribution in [1.82, 2.24) is 0 Å². The molecule has 0 aliphatic rings. The second kappa shape index (κ2) is 8.93. The van der Waals surface area contributed by atoms with Gasteiger partial charge in [-0.25, -0.2) is 4.79 Å². The van der Waals surface area contributed by atoms with Gasteiger partial charge < -0.3 is 14.6 Å². The minimum atomic E-state index is -1.01. The minimum absolute atomic E-state index is 0.151. The van der Waals surface area contributed by atoms with Gasteiger partial charge in [0.25, 0.3) is 0 Å². The second-order valence-corrected chi connectivity index (χ2v) is 7.06. The van der Waals surface area contributed by atoms with Crippen molar-refractivity contribution >= 4 is 29.4 Å². The highest BCUT2D eigenvalue weighted by Crippen LogP contribution is 2.32. The van der Waals surface area contributed by atoms with E-state index in [0.29, 0.717) is 38.8 Å². The molecule has 2 rings (SSSR count). The van der Waals surface area contributed by atoms with E-state index in [1.807, 2.05) is 13.8 Å². The van der Waals surface area contributed by atoms with Crippen molar-refractivity contribution in [1.29, 1.82) is 0 Å². The highest BCUT2D eigenvalue weighted by molar-refractivity contribution is 6.31. The van der Waals surface area contributed by atoms with Crippen LogP contribution in [-0.4, -0.2) is 30.1 Å². The van der Waals surface area contributed by atoms with Crippen LogP contribution in [0.1, 0.15) is 51.3 Å². The van der Waals surface area contributed by atoms with Gasteiger partial charge in [0.1, 0.15) is 11.5 Å². The smallest absolute Gasteiger partial charge is 0.336 e. The third-order valence-electron chi connectivity index (χ3n) is 4.15. The Labute approximate surface area is 169 Å². The molecule has 148 valence electrons. The van der Waals surface area contributed by atoms with E-state index in [1.54, 1.807) is 44.2 Å². The number of hydrogen-bond acceptors (Lipinski definition) is 4. The third kappa shape index (κ3) is 4.73. The number of carboxylic acids is 1. The van der Waals surface area contributed by atoms with Gasteiger partial charge in [0.05, 0.1) is 24.3 Å². The summed E-state index contributed by atoms with van der Waals surface area (Å²) in [5.41, 5.74) is 2.34. The Morgan fingerprint density at radius 1 is 1.18 bits per heavy atom. The number of carbonyl (C=O) groups is 2. The monoisotopic (exact) mass is 402 g/mol. The number of rotatable bonds is 7. The fourth-order valence-electron chi connectivity index (χ4n) is 2.97. The number of carboxylic acid groups (broad SMARTS) is 1. The van der Waals surface area contributed by atoms with Gasteiger partial charge in [0.15, 0.2) is 5.78 Å². The maximum atomic E-state index is 12.6. The van der Waals surface area contributed by atoms with E-state index >= 15 is 0 Å². The first kappa shape index (κ1) is 21.5. The molecule has 5 nitrogen and oxygen atoms in total. The zero-order valence-electron chi connectivity index (χ0n) is 16.5. The zero-order valence-corrected chi connectivity index (χ0v) is 17.3. The maximum absolute atomic E-state index is 12.6. The summed E-state index contributed by atoms with van der Waals surface area (Å²) in [5, 5.41) is 9.96. The Morgan fingerprint density at radius 3 is 2.43 bits per heavy atom. The van der Waals surface area contributed by atoms with E-state index < -0.39 is 5.97 Å². The van der Waals surface area contributed by atoms with Crippen molar-refractivity contribution in [2.45, 2.75) is 33.8 Å². The van der Waals surface area contributed by atoms with Crippen molar-refractivity contribution in [3.8, 4) is 11.5 Å². The largest absolute Gasteiger partial charge is 0.496 e. The van der Waals surface area contributed by atoms with Crippen molar-refractivity contribution in [2.75, 3.05) is 7.11 Å². The molecule has 0 saturated heterocycles. The van der Waals surface area contributed by atoms with Crippen LogP contribution in [0.5, 0.6) is 11.5 Å². The molecule has 2 aromatic carbocycles. The number of halogens is 1. The molecule has 0 radical (unpaired) electrons. The van der Waals surface area contributed by atoms with E-state index in [2.05, 4.69) is 0 Å². The second-order valence-electron chi connectivity index (χ2n) is 6.63. The van der Waals surface area contributed by atoms with Gasteiger partial charge in [0, 0.05) is 16.1 Å². The van der Waals surface area contributed by atoms with Gasteiger partial charge in [-0.05, 0) is 69.7 Å². The highest BCUT2D eigenvalue weighted by Gasteiger charge is 2.19. The Morgan fingerprint density at radius 2 is 1.86 bits per heavy atom. The quantitative estimate of drug-likeness (QED) is 0.499. The summed E-state index contributed by atoms with van der Waals surface area (Å²) in [5.74, 6) is -0.442. The van der Waals surface area contributed by atoms with Gasteiger partial charge >= 0.3 is 5.97 Å². The van der Waals surface area contributed by atoms with Crippen LogP contribution in [0.3, 0.4) is 0 Å². The van der Waals surface area contributed by atoms with Crippen molar-refractivity contribution in [3.05, 3.63) is 63.2 Å². The number of benzene rings is 2. The van der Waals surface area contributed by atoms with Crippen LogP contribution < -0.4 is 9.47 Å². The molecule has 6 heteroatoms. The topological polar surface area (TPSA) is 72.8 Å². The SMILES string of the molecule is COc1cc(Cl)ccc1C(=O)C=Cc1cc(C)c(C(=O)O)c(C)c1OC(C)C. The molecule has 0 aliphatic heterocycles. The van der Waals surface area contributed by atoms with Gasteiger partial charge in [-0.1, -0.05) is 11.6 Å². The molecular weight excluding hydrogens is 380 g/mol. The Bertz CT molecular complexity index is 944. The molecule has 0 bridgehead atoms. The zero-order chi connectivity index (χ0) is 21.0. The third-order valence-corrected chi connectivity index (χ3v) is 4.39. The molecule has 0 fully saturated rings. The molecule has 0 saturated carbocycles. The number of ketones is 1. The van der Waals surface area contributed by atoms with Gasteiger partial charge in [-0.15, -0.1) is 0 Å². The van der Waals surface area contributed by atoms with Crippen LogP contribution in [0.15, 0.2) is 30.3 Å². The Balaban J connectivity index is 2.50. The predicted molar refractivity (Wildman–Crippen MR) is 110 cm³/mol. The van der Waals surface area contributed by atoms with E-state index in [9.17, 15) is 14.7 Å². The molecule has 0 atom stereocenters. The average Bonchev–Trinajstić information content (AvgIpc) is 2.61. The lowest BCUT2D eigenvalue weighted by atomic mass is 9.97. The molecule has 28 heavy (non-hydrogen) atoms. The maximum Gasteiger partial charge on any atom is 0.336 e. The molecule has 0 amide bonds. The first-order valence-corrected chi connectivity index (χ1v) is 9.13. The van der Waals surface area contributed by atoms with Crippen LogP contribution in [-0.2, 0) is 0 Å². The Hall–Kier alpha value is -2.79. The number of aromatic carboxylic acids is 1. The predicted octanol–water partition coefficient (Wildman–Crippen LogP) is 5.35. The fraction of sp³-hybridized carbons (Fsp3) is 0.273. The molecule has 0 aliphatic carbocycles. The van der Waals surface area contributed by atoms with Crippen molar-refractivity contribution in [3.63, 3.8) is 0 Å².